The van der Waals surface area contributed by atoms with Crippen molar-refractivity contribution in [1.29, 1.82) is 0 Å². The van der Waals surface area contributed by atoms with E-state index in [0.29, 0.717) is 33.8 Å². The van der Waals surface area contributed by atoms with Crippen molar-refractivity contribution >= 4 is 17.1 Å². The Bertz CT molecular complexity index is 2230. The van der Waals surface area contributed by atoms with Crippen LogP contribution in [0.2, 0.25) is 0 Å². The van der Waals surface area contributed by atoms with Gasteiger partial charge in [0, 0.05) is 37.0 Å². The second-order valence-electron chi connectivity index (χ2n) is 10.7. The van der Waals surface area contributed by atoms with Crippen LogP contribution in [-0.4, -0.2) is 29.1 Å². The third kappa shape index (κ3) is 11.6. The lowest BCUT2D eigenvalue weighted by Crippen LogP contribution is -2.11. The van der Waals surface area contributed by atoms with Gasteiger partial charge in [-0.15, -0.1) is 0 Å². The number of aryl methyl sites for hydroxylation is 1. The minimum absolute atomic E-state index is 0. The maximum Gasteiger partial charge on any atom is 0.434 e. The Balaban J connectivity index is 0.000000409. The molecule has 0 atom stereocenters. The van der Waals surface area contributed by atoms with E-state index < -0.39 is 35.6 Å². The molecular weight excluding hydrogens is 753 g/mol. The summed E-state index contributed by atoms with van der Waals surface area (Å²) in [5.74, 6) is 0.576. The summed E-state index contributed by atoms with van der Waals surface area (Å²) in [6.07, 6.45) is -10.8. The Morgan fingerprint density at radius 3 is 1.32 bits per heavy atom. The monoisotopic (exact) mass is 787 g/mol. The molecule has 3 aromatic heterocycles. The predicted octanol–water partition coefficient (Wildman–Crippen LogP) is 12.9. The summed E-state index contributed by atoms with van der Waals surface area (Å²) in [6, 6.07) is 18.6. The zero-order valence-corrected chi connectivity index (χ0v) is 27.1. The fourth-order valence-corrected chi connectivity index (χ4v) is 4.49. The first-order valence-corrected chi connectivity index (χ1v) is 14.6. The van der Waals surface area contributed by atoms with Gasteiger partial charge in [-0.3, -0.25) is 0 Å². The van der Waals surface area contributed by atoms with Gasteiger partial charge in [0.1, 0.15) is 28.9 Å². The molecule has 56 heavy (non-hydrogen) atoms. The van der Waals surface area contributed by atoms with Crippen LogP contribution < -0.4 is 0 Å². The summed E-state index contributed by atoms with van der Waals surface area (Å²) in [4.78, 5) is 22.8. The molecular formula is C38H34F9N9. The highest BCUT2D eigenvalue weighted by Crippen LogP contribution is 2.33. The van der Waals surface area contributed by atoms with Crippen LogP contribution in [0.15, 0.2) is 91.4 Å². The molecule has 0 saturated carbocycles. The lowest BCUT2D eigenvalue weighted by molar-refractivity contribution is -0.143. The maximum absolute atomic E-state index is 12.6. The molecule has 294 valence electrons. The first-order valence-electron chi connectivity index (χ1n) is 14.6. The first kappa shape index (κ1) is 47.2. The van der Waals surface area contributed by atoms with Crippen LogP contribution in [0.3, 0.4) is 0 Å². The van der Waals surface area contributed by atoms with Gasteiger partial charge in [-0.25, -0.2) is 29.5 Å². The smallest absolute Gasteiger partial charge is 0.334 e. The van der Waals surface area contributed by atoms with Crippen LogP contribution in [0.5, 0.6) is 0 Å². The van der Waals surface area contributed by atoms with Gasteiger partial charge in [0.25, 0.3) is 0 Å². The molecule has 0 radical (unpaired) electrons. The highest BCUT2D eigenvalue weighted by molar-refractivity contribution is 5.62. The predicted molar refractivity (Wildman–Crippen MR) is 195 cm³/mol. The Morgan fingerprint density at radius 1 is 0.554 bits per heavy atom. The van der Waals surface area contributed by atoms with E-state index in [1.54, 1.807) is 60.7 Å². The van der Waals surface area contributed by atoms with Gasteiger partial charge < -0.3 is 14.1 Å². The van der Waals surface area contributed by atoms with Crippen LogP contribution in [0, 0.1) is 19.7 Å². The minimum Gasteiger partial charge on any atom is -0.334 e. The van der Waals surface area contributed by atoms with E-state index in [1.165, 1.54) is 30.8 Å². The number of hydrogen-bond donors (Lipinski definition) is 1. The van der Waals surface area contributed by atoms with Crippen molar-refractivity contribution in [1.82, 2.24) is 29.1 Å². The van der Waals surface area contributed by atoms with Crippen LogP contribution in [0.25, 0.3) is 48.7 Å². The second-order valence-corrected chi connectivity index (χ2v) is 10.7. The van der Waals surface area contributed by atoms with Crippen molar-refractivity contribution in [3.63, 3.8) is 0 Å². The summed E-state index contributed by atoms with van der Waals surface area (Å²) < 4.78 is 115. The molecule has 0 aliphatic carbocycles. The largest absolute Gasteiger partial charge is 0.434 e. The summed E-state index contributed by atoms with van der Waals surface area (Å²) >= 11 is 0. The van der Waals surface area contributed by atoms with Gasteiger partial charge >= 0.3 is 18.5 Å². The number of H-pyrrole nitrogens is 1. The highest BCUT2D eigenvalue weighted by atomic mass is 19.4. The van der Waals surface area contributed by atoms with Crippen molar-refractivity contribution < 1.29 is 39.5 Å². The Labute approximate surface area is 317 Å². The van der Waals surface area contributed by atoms with Crippen molar-refractivity contribution in [3.8, 4) is 34.2 Å². The summed E-state index contributed by atoms with van der Waals surface area (Å²) in [6.45, 7) is 20.4. The van der Waals surface area contributed by atoms with E-state index in [4.69, 9.17) is 19.7 Å². The third-order valence-corrected chi connectivity index (χ3v) is 7.11. The van der Waals surface area contributed by atoms with E-state index in [9.17, 15) is 39.5 Å². The lowest BCUT2D eigenvalue weighted by atomic mass is 10.2. The number of aromatic nitrogens is 6. The molecule has 0 fully saturated rings. The number of halogens is 9. The van der Waals surface area contributed by atoms with Gasteiger partial charge in [0.05, 0.1) is 32.1 Å². The quantitative estimate of drug-likeness (QED) is 0.143. The fourth-order valence-electron chi connectivity index (χ4n) is 4.49. The number of imidazole rings is 3. The van der Waals surface area contributed by atoms with E-state index in [0.717, 1.165) is 23.2 Å². The van der Waals surface area contributed by atoms with E-state index >= 15 is 0 Å². The van der Waals surface area contributed by atoms with E-state index in [-0.39, 0.29) is 39.8 Å². The Morgan fingerprint density at radius 2 is 0.982 bits per heavy atom. The van der Waals surface area contributed by atoms with Crippen LogP contribution in [-0.2, 0) is 32.6 Å². The van der Waals surface area contributed by atoms with Crippen molar-refractivity contribution in [2.45, 2.75) is 40.8 Å². The maximum atomic E-state index is 12.6. The summed E-state index contributed by atoms with van der Waals surface area (Å²) in [5, 5.41) is 0. The van der Waals surface area contributed by atoms with Gasteiger partial charge in [-0.1, -0.05) is 95.1 Å². The molecule has 3 heterocycles. The fraction of sp³-hybridized carbons (Fsp3) is 0.211. The van der Waals surface area contributed by atoms with Crippen molar-refractivity contribution in [3.05, 3.63) is 143 Å². The SMILES string of the molecule is C.C.C.[C-]#[N+]c1ccc(-c2nc(C(F)(F)F)cn2C)cc1.[C-]#[N+]c1ccc(-c2ncc(C(F)(F)F)[nH]2)cc1.[C-]#[N+]c1ccc(-c2ncc(C(F)(F)F)n2C)cc1. The number of benzene rings is 3. The Hall–Kier alpha value is -6.87. The normalized spacial score (nSPS) is 10.6. The van der Waals surface area contributed by atoms with E-state index in [1.807, 2.05) is 0 Å². The zero-order valence-electron chi connectivity index (χ0n) is 27.1. The lowest BCUT2D eigenvalue weighted by Gasteiger charge is -2.08. The number of hydrogen-bond acceptors (Lipinski definition) is 3. The average molecular weight is 788 g/mol. The van der Waals surface area contributed by atoms with Crippen LogP contribution >= 0.6 is 0 Å². The summed E-state index contributed by atoms with van der Waals surface area (Å²) in [5.41, 5.74) is 0.279. The zero-order chi connectivity index (χ0) is 39.1. The van der Waals surface area contributed by atoms with Crippen molar-refractivity contribution in [2.75, 3.05) is 0 Å². The number of aromatic amines is 1. The topological polar surface area (TPSA) is 77.4 Å². The molecule has 0 unspecified atom stereocenters. The number of alkyl halides is 9. The summed E-state index contributed by atoms with van der Waals surface area (Å²) in [7, 11) is 2.81. The molecule has 0 bridgehead atoms. The molecule has 0 aliphatic heterocycles. The molecule has 0 spiro atoms. The second kappa shape index (κ2) is 18.9. The first-order chi connectivity index (χ1) is 24.8. The molecule has 6 rings (SSSR count). The molecule has 6 aromatic rings. The minimum atomic E-state index is -4.45. The molecule has 1 N–H and O–H groups in total. The average Bonchev–Trinajstić information content (AvgIpc) is 3.88. The molecule has 9 nitrogen and oxygen atoms in total. The molecule has 3 aromatic carbocycles. The van der Waals surface area contributed by atoms with Gasteiger partial charge in [0.2, 0.25) is 0 Å². The molecule has 18 heteroatoms. The third-order valence-electron chi connectivity index (χ3n) is 7.11. The van der Waals surface area contributed by atoms with Gasteiger partial charge in [-0.05, 0) is 0 Å². The number of nitrogens with zero attached hydrogens (tertiary/aromatic N) is 8. The van der Waals surface area contributed by atoms with Gasteiger partial charge in [0.15, 0.2) is 22.8 Å². The van der Waals surface area contributed by atoms with Gasteiger partial charge in [-0.2, -0.15) is 39.5 Å². The molecule has 0 saturated heterocycles. The molecule has 0 amide bonds. The van der Waals surface area contributed by atoms with Crippen molar-refractivity contribution in [2.24, 2.45) is 14.1 Å². The van der Waals surface area contributed by atoms with E-state index in [2.05, 4.69) is 34.5 Å². The van der Waals surface area contributed by atoms with Crippen LogP contribution in [0.4, 0.5) is 56.6 Å². The van der Waals surface area contributed by atoms with Crippen LogP contribution in [0.1, 0.15) is 39.4 Å². The standard InChI is InChI=1S/2C12H8F3N3.C11H6F3N3.3CH4/c1-16-9-5-3-8(4-6-9)11-17-10(7-18(11)2)12(13,14)15;1-16-9-5-3-8(4-6-9)11-17-7-10(18(11)2)12(13,14)15;1-15-8-4-2-7(3-5-8)10-16-6-9(17-10)11(12,13)14;;;/h2*3-7H,2H3;2-6H,(H,16,17);3*1H4. The number of nitrogens with one attached hydrogen (secondary N) is 1. The molecule has 0 aliphatic rings. The number of rotatable bonds is 3. The Kier molecular flexibility index (Phi) is 15.9. The highest BCUT2D eigenvalue weighted by Gasteiger charge is 2.36.